The number of fused-ring (bicyclic) bond motifs is 2. The molecule has 2 aliphatic rings. The van der Waals surface area contributed by atoms with E-state index in [1.165, 1.54) is 15.3 Å². The zero-order chi connectivity index (χ0) is 28.6. The van der Waals surface area contributed by atoms with Gasteiger partial charge in [-0.15, -0.1) is 0 Å². The van der Waals surface area contributed by atoms with Crippen molar-refractivity contribution in [2.24, 2.45) is 0 Å². The highest BCUT2D eigenvalue weighted by molar-refractivity contribution is 8.16. The van der Waals surface area contributed by atoms with Gasteiger partial charge in [-0.05, 0) is 42.0 Å². The third-order valence-corrected chi connectivity index (χ3v) is 9.66. The Morgan fingerprint density at radius 2 is 1.88 bits per heavy atom. The molecular formula is C26H24ClIN5O6S2. The number of carbonyl (C=O) groups is 3. The molecule has 1 fully saturated rings. The first-order chi connectivity index (χ1) is 19.0. The Labute approximate surface area is 262 Å². The summed E-state index contributed by atoms with van der Waals surface area (Å²) in [6.07, 6.45) is 1.35. The fraction of sp³-hybridized carbons (Fsp3) is 0.269. The van der Waals surface area contributed by atoms with Crippen LogP contribution in [0.5, 0.6) is 0 Å². The summed E-state index contributed by atoms with van der Waals surface area (Å²) in [7, 11) is -3.98. The summed E-state index contributed by atoms with van der Waals surface area (Å²) >= 11 is 7.21. The minimum absolute atomic E-state index is 0. The molecule has 2 aliphatic heterocycles. The van der Waals surface area contributed by atoms with Gasteiger partial charge in [-0.25, -0.2) is 8.42 Å². The number of hydrogen-bond donors (Lipinski definition) is 2. The molecule has 5 rings (SSSR count). The van der Waals surface area contributed by atoms with E-state index in [4.69, 9.17) is 16.7 Å². The number of sulfonamides is 1. The van der Waals surface area contributed by atoms with Crippen LogP contribution in [-0.4, -0.2) is 82.8 Å². The summed E-state index contributed by atoms with van der Waals surface area (Å²) in [4.78, 5) is 48.0. The third kappa shape index (κ3) is 6.83. The highest BCUT2D eigenvalue weighted by Crippen LogP contribution is 2.34. The van der Waals surface area contributed by atoms with Crippen LogP contribution in [-0.2, 0) is 24.4 Å². The first-order valence-corrected chi connectivity index (χ1v) is 14.9. The first-order valence-electron chi connectivity index (χ1n) is 12.2. The maximum atomic E-state index is 13.6. The fourth-order valence-electron chi connectivity index (χ4n) is 4.60. The molecule has 2 aromatic carbocycles. The van der Waals surface area contributed by atoms with E-state index in [2.05, 4.69) is 15.3 Å². The monoisotopic (exact) mass is 728 g/mol. The maximum absolute atomic E-state index is 13.6. The number of rotatable bonds is 7. The van der Waals surface area contributed by atoms with Gasteiger partial charge in [-0.3, -0.25) is 19.4 Å². The number of carboxylic acid groups (broad SMARTS) is 1. The molecule has 3 heterocycles. The first kappa shape index (κ1) is 31.2. The predicted octanol–water partition coefficient (Wildman–Crippen LogP) is -0.835. The van der Waals surface area contributed by atoms with Crippen molar-refractivity contribution >= 4 is 72.7 Å². The summed E-state index contributed by atoms with van der Waals surface area (Å²) in [6, 6.07) is 10.8. The van der Waals surface area contributed by atoms with Crippen molar-refractivity contribution in [2.75, 3.05) is 26.2 Å². The molecule has 0 aliphatic carbocycles. The van der Waals surface area contributed by atoms with Crippen molar-refractivity contribution in [3.05, 3.63) is 59.4 Å². The van der Waals surface area contributed by atoms with E-state index in [9.17, 15) is 22.8 Å². The van der Waals surface area contributed by atoms with Crippen molar-refractivity contribution in [2.45, 2.75) is 29.2 Å². The molecule has 1 atom stereocenters. The van der Waals surface area contributed by atoms with Crippen molar-refractivity contribution in [1.82, 2.24) is 24.5 Å². The van der Waals surface area contributed by atoms with Crippen LogP contribution in [0.15, 0.2) is 58.5 Å². The summed E-state index contributed by atoms with van der Waals surface area (Å²) in [6.45, 7) is 1.10. The van der Waals surface area contributed by atoms with Gasteiger partial charge in [0.2, 0.25) is 15.9 Å². The van der Waals surface area contributed by atoms with Gasteiger partial charge in [-0.2, -0.15) is 4.31 Å². The molecule has 0 spiro atoms. The fourth-order valence-corrected chi connectivity index (χ4v) is 7.16. The van der Waals surface area contributed by atoms with Crippen molar-refractivity contribution in [1.29, 1.82) is 0 Å². The lowest BCUT2D eigenvalue weighted by Gasteiger charge is -2.39. The van der Waals surface area contributed by atoms with Gasteiger partial charge in [0.15, 0.2) is 0 Å². The average molecular weight is 729 g/mol. The van der Waals surface area contributed by atoms with Gasteiger partial charge in [-0.1, -0.05) is 23.7 Å². The predicted molar refractivity (Wildman–Crippen MR) is 150 cm³/mol. The molecule has 1 radical (unpaired) electrons. The Hall–Kier alpha value is -2.79. The molecule has 41 heavy (non-hydrogen) atoms. The van der Waals surface area contributed by atoms with Crippen molar-refractivity contribution in [3.63, 3.8) is 0 Å². The molecule has 1 aromatic heterocycles. The van der Waals surface area contributed by atoms with Crippen LogP contribution >= 0.6 is 23.4 Å². The summed E-state index contributed by atoms with van der Waals surface area (Å²) in [5.41, 5.74) is 1.37. The second-order valence-electron chi connectivity index (χ2n) is 9.36. The van der Waals surface area contributed by atoms with Crippen LogP contribution in [0.1, 0.15) is 12.1 Å². The van der Waals surface area contributed by atoms with Gasteiger partial charge >= 0.3 is 16.9 Å². The largest absolute Gasteiger partial charge is 1.00 e. The molecule has 3 aromatic rings. The lowest BCUT2D eigenvalue weighted by Crippen LogP contribution is -3.00. The molecule has 1 saturated heterocycles. The van der Waals surface area contributed by atoms with E-state index < -0.39 is 40.4 Å². The Kier molecular flexibility index (Phi) is 9.58. The van der Waals surface area contributed by atoms with Crippen molar-refractivity contribution in [3.8, 4) is 0 Å². The van der Waals surface area contributed by atoms with Gasteiger partial charge in [0.05, 0.1) is 15.9 Å². The standard InChI is InChI=1S/C26H24ClN5O6S2.HI/c1-15-8-21-22(12-28-15)39-25(30-21)26(36)32-7-6-31(14-19(32)11-23(33)29-13-24(34)35)40(37,38)20-5-3-16-9-18(27)4-2-17(16)10-20;/h2-5,8-10,12,19H,6-7,11,13-14H2,1H3,(H,29,33)(H,34,35);1H/q+1;/p-1. The zero-order valence-electron chi connectivity index (χ0n) is 21.6. The molecular weight excluding hydrogens is 705 g/mol. The molecule has 15 heteroatoms. The highest BCUT2D eigenvalue weighted by Gasteiger charge is 2.43. The molecule has 11 nitrogen and oxygen atoms in total. The number of hydrogen-bond acceptors (Lipinski definition) is 8. The van der Waals surface area contributed by atoms with E-state index in [-0.39, 0.29) is 60.0 Å². The van der Waals surface area contributed by atoms with Crippen LogP contribution in [0, 0.1) is 6.92 Å². The number of halogens is 2. The summed E-state index contributed by atoms with van der Waals surface area (Å²) < 4.78 is 28.5. The average Bonchev–Trinajstić information content (AvgIpc) is 3.34. The molecule has 2 amide bonds. The minimum Gasteiger partial charge on any atom is -1.00 e. The number of nitrogens with one attached hydrogen (secondary N) is 1. The lowest BCUT2D eigenvalue weighted by atomic mass is 10.1. The molecule has 0 saturated carbocycles. The van der Waals surface area contributed by atoms with Gasteiger partial charge < -0.3 is 39.3 Å². The van der Waals surface area contributed by atoms with Crippen LogP contribution < -0.4 is 34.3 Å². The quantitative estimate of drug-likeness (QED) is 0.300. The number of carboxylic acids is 1. The van der Waals surface area contributed by atoms with E-state index >= 15 is 0 Å². The second kappa shape index (κ2) is 12.6. The van der Waals surface area contributed by atoms with Crippen LogP contribution in [0.25, 0.3) is 10.8 Å². The number of nitrogens with zero attached hydrogens (tertiary/aromatic N) is 4. The Bertz CT molecular complexity index is 1690. The van der Waals surface area contributed by atoms with E-state index in [1.807, 2.05) is 6.92 Å². The van der Waals surface area contributed by atoms with Gasteiger partial charge in [0.1, 0.15) is 11.4 Å². The number of aryl methyl sites for hydroxylation is 1. The number of amides is 2. The highest BCUT2D eigenvalue weighted by atomic mass is 127. The molecule has 2 N–H and O–H groups in total. The van der Waals surface area contributed by atoms with Crippen LogP contribution in [0.2, 0.25) is 5.02 Å². The number of thioether (sulfide) groups is 1. The Morgan fingerprint density at radius 1 is 1.15 bits per heavy atom. The van der Waals surface area contributed by atoms with E-state index in [0.29, 0.717) is 16.1 Å². The number of piperazine rings is 1. The topological polar surface area (TPSA) is 151 Å². The maximum Gasteiger partial charge on any atom is 0.381 e. The Morgan fingerprint density at radius 3 is 2.63 bits per heavy atom. The number of carbonyl (C=O) groups excluding carboxylic acids is 2. The number of aliphatic imine (C=N–C) groups is 1. The van der Waals surface area contributed by atoms with E-state index in [0.717, 1.165) is 27.7 Å². The Balaban J connectivity index is 0.00000387. The third-order valence-electron chi connectivity index (χ3n) is 6.57. The van der Waals surface area contributed by atoms with Gasteiger partial charge in [0, 0.05) is 60.8 Å². The lowest BCUT2D eigenvalue weighted by molar-refractivity contribution is -0.138. The van der Waals surface area contributed by atoms with Crippen LogP contribution in [0.3, 0.4) is 0 Å². The SMILES string of the molecule is Cc1cc2c(cn1)SC(C(=O)N1CCN(S(=O)(=O)c3ccc4cc(Cl)ccc4c3)CC1CC(=O)NCC(=O)O)=[N+]2.[I-]. The normalized spacial score (nSPS) is 17.0. The minimum atomic E-state index is -3.98. The van der Waals surface area contributed by atoms with Crippen LogP contribution in [0.4, 0.5) is 5.69 Å². The number of aliphatic carboxylic acids is 1. The molecule has 0 bridgehead atoms. The number of benzene rings is 2. The summed E-state index contributed by atoms with van der Waals surface area (Å²) in [5.74, 6) is -2.27. The summed E-state index contributed by atoms with van der Waals surface area (Å²) in [5, 5.41) is 13.4. The van der Waals surface area contributed by atoms with Gasteiger partial charge in [0.25, 0.3) is 5.69 Å². The number of pyridine rings is 1. The van der Waals surface area contributed by atoms with E-state index in [1.54, 1.807) is 42.6 Å². The number of aromatic nitrogens is 1. The zero-order valence-corrected chi connectivity index (χ0v) is 26.1. The molecule has 1 unspecified atom stereocenters. The van der Waals surface area contributed by atoms with Crippen molar-refractivity contribution < 1.29 is 51.9 Å². The smallest absolute Gasteiger partial charge is 0.381 e. The second-order valence-corrected chi connectivity index (χ2v) is 12.8. The molecule has 215 valence electrons.